The van der Waals surface area contributed by atoms with E-state index in [0.29, 0.717) is 13.0 Å². The number of amides is 1. The minimum atomic E-state index is -0.0733. The standard InChI is InChI=1S/C16H22N4O2/c1-19-13-4-2-3-5-14(13)20(16(19)22)11-8-15(21)18-12-6-9-17-10-7-12/h2-5,12,17H,6-11H2,1H3,(H,18,21). The summed E-state index contributed by atoms with van der Waals surface area (Å²) in [6.07, 6.45) is 2.28. The Kier molecular flexibility index (Phi) is 4.29. The van der Waals surface area contributed by atoms with E-state index in [0.717, 1.165) is 37.0 Å². The van der Waals surface area contributed by atoms with E-state index in [1.54, 1.807) is 16.2 Å². The second kappa shape index (κ2) is 6.36. The number of imidazole rings is 1. The molecule has 0 atom stereocenters. The molecule has 22 heavy (non-hydrogen) atoms. The number of para-hydroxylation sites is 2. The highest BCUT2D eigenvalue weighted by Gasteiger charge is 2.16. The first-order valence-electron chi connectivity index (χ1n) is 7.81. The van der Waals surface area contributed by atoms with Gasteiger partial charge in [0.2, 0.25) is 5.91 Å². The molecule has 6 heteroatoms. The molecular formula is C16H22N4O2. The van der Waals surface area contributed by atoms with Gasteiger partial charge in [-0.05, 0) is 38.1 Å². The lowest BCUT2D eigenvalue weighted by Gasteiger charge is -2.23. The zero-order chi connectivity index (χ0) is 15.5. The van der Waals surface area contributed by atoms with Crippen molar-refractivity contribution in [2.24, 2.45) is 7.05 Å². The first kappa shape index (κ1) is 14.8. The summed E-state index contributed by atoms with van der Waals surface area (Å²) in [7, 11) is 1.76. The van der Waals surface area contributed by atoms with Crippen LogP contribution in [0.15, 0.2) is 29.1 Å². The van der Waals surface area contributed by atoms with Gasteiger partial charge in [-0.25, -0.2) is 4.79 Å². The SMILES string of the molecule is Cn1c(=O)n(CCC(=O)NC2CCNCC2)c2ccccc21. The average Bonchev–Trinajstić information content (AvgIpc) is 2.78. The summed E-state index contributed by atoms with van der Waals surface area (Å²) in [4.78, 5) is 24.4. The highest BCUT2D eigenvalue weighted by atomic mass is 16.2. The maximum Gasteiger partial charge on any atom is 0.328 e. The van der Waals surface area contributed by atoms with Gasteiger partial charge in [-0.3, -0.25) is 13.9 Å². The fourth-order valence-electron chi connectivity index (χ4n) is 3.06. The molecule has 2 N–H and O–H groups in total. The molecule has 0 saturated carbocycles. The topological polar surface area (TPSA) is 68.1 Å². The van der Waals surface area contributed by atoms with Crippen molar-refractivity contribution >= 4 is 16.9 Å². The molecule has 1 amide bonds. The van der Waals surface area contributed by atoms with E-state index in [2.05, 4.69) is 10.6 Å². The molecule has 2 aromatic rings. The number of carbonyl (C=O) groups is 1. The number of piperidine rings is 1. The molecule has 0 bridgehead atoms. The summed E-state index contributed by atoms with van der Waals surface area (Å²) < 4.78 is 3.30. The number of aromatic nitrogens is 2. The second-order valence-electron chi connectivity index (χ2n) is 5.82. The average molecular weight is 302 g/mol. The first-order valence-corrected chi connectivity index (χ1v) is 7.81. The summed E-state index contributed by atoms with van der Waals surface area (Å²) in [6.45, 7) is 2.32. The van der Waals surface area contributed by atoms with Gasteiger partial charge < -0.3 is 10.6 Å². The number of benzene rings is 1. The molecule has 6 nitrogen and oxygen atoms in total. The van der Waals surface area contributed by atoms with E-state index in [4.69, 9.17) is 0 Å². The zero-order valence-corrected chi connectivity index (χ0v) is 12.8. The largest absolute Gasteiger partial charge is 0.353 e. The fourth-order valence-corrected chi connectivity index (χ4v) is 3.06. The number of rotatable bonds is 4. The lowest BCUT2D eigenvalue weighted by molar-refractivity contribution is -0.122. The molecule has 118 valence electrons. The highest BCUT2D eigenvalue weighted by Crippen LogP contribution is 2.12. The van der Waals surface area contributed by atoms with Crippen LogP contribution in [0.25, 0.3) is 11.0 Å². The minimum Gasteiger partial charge on any atom is -0.353 e. The Bertz CT molecular complexity index is 725. The number of hydrogen-bond acceptors (Lipinski definition) is 3. The first-order chi connectivity index (χ1) is 10.7. The Morgan fingerprint density at radius 3 is 2.68 bits per heavy atom. The molecule has 1 aromatic carbocycles. The van der Waals surface area contributed by atoms with Crippen LogP contribution >= 0.6 is 0 Å². The lowest BCUT2D eigenvalue weighted by atomic mass is 10.1. The summed E-state index contributed by atoms with van der Waals surface area (Å²) in [5, 5.41) is 6.34. The summed E-state index contributed by atoms with van der Waals surface area (Å²) in [6, 6.07) is 7.92. The van der Waals surface area contributed by atoms with E-state index in [9.17, 15) is 9.59 Å². The van der Waals surface area contributed by atoms with Crippen molar-refractivity contribution in [3.63, 3.8) is 0 Å². The molecule has 1 saturated heterocycles. The van der Waals surface area contributed by atoms with Gasteiger partial charge in [-0.1, -0.05) is 12.1 Å². The van der Waals surface area contributed by atoms with E-state index >= 15 is 0 Å². The Morgan fingerprint density at radius 2 is 1.95 bits per heavy atom. The normalized spacial score (nSPS) is 16.0. The smallest absolute Gasteiger partial charge is 0.328 e. The van der Waals surface area contributed by atoms with Crippen LogP contribution in [0.1, 0.15) is 19.3 Å². The summed E-state index contributed by atoms with van der Waals surface area (Å²) in [5.41, 5.74) is 1.70. The Morgan fingerprint density at radius 1 is 1.27 bits per heavy atom. The molecular weight excluding hydrogens is 280 g/mol. The molecule has 1 fully saturated rings. The van der Waals surface area contributed by atoms with Gasteiger partial charge in [0.25, 0.3) is 0 Å². The number of fused-ring (bicyclic) bond motifs is 1. The molecule has 1 aliphatic rings. The zero-order valence-electron chi connectivity index (χ0n) is 12.8. The van der Waals surface area contributed by atoms with Gasteiger partial charge in [0.1, 0.15) is 0 Å². The molecule has 1 aromatic heterocycles. The van der Waals surface area contributed by atoms with Gasteiger partial charge in [-0.2, -0.15) is 0 Å². The lowest BCUT2D eigenvalue weighted by Crippen LogP contribution is -2.43. The van der Waals surface area contributed by atoms with Crippen molar-refractivity contribution in [3.8, 4) is 0 Å². The van der Waals surface area contributed by atoms with Gasteiger partial charge in [-0.15, -0.1) is 0 Å². The van der Waals surface area contributed by atoms with E-state index < -0.39 is 0 Å². The van der Waals surface area contributed by atoms with Gasteiger partial charge in [0.05, 0.1) is 11.0 Å². The highest BCUT2D eigenvalue weighted by molar-refractivity contribution is 5.78. The van der Waals surface area contributed by atoms with Crippen LogP contribution in [0.5, 0.6) is 0 Å². The number of aryl methyl sites for hydroxylation is 2. The third kappa shape index (κ3) is 2.92. The predicted octanol–water partition coefficient (Wildman–Crippen LogP) is 0.598. The van der Waals surface area contributed by atoms with E-state index in [1.807, 2.05) is 24.3 Å². The molecule has 0 unspecified atom stereocenters. The van der Waals surface area contributed by atoms with Crippen LogP contribution < -0.4 is 16.3 Å². The van der Waals surface area contributed by atoms with Crippen molar-refractivity contribution < 1.29 is 4.79 Å². The Balaban J connectivity index is 1.67. The maximum absolute atomic E-state index is 12.3. The molecule has 2 heterocycles. The minimum absolute atomic E-state index is 0.0201. The van der Waals surface area contributed by atoms with Gasteiger partial charge >= 0.3 is 5.69 Å². The van der Waals surface area contributed by atoms with Crippen molar-refractivity contribution in [1.29, 1.82) is 0 Å². The summed E-state index contributed by atoms with van der Waals surface area (Å²) in [5.74, 6) is 0.0201. The quantitative estimate of drug-likeness (QED) is 0.869. The Hall–Kier alpha value is -2.08. The predicted molar refractivity (Wildman–Crippen MR) is 85.8 cm³/mol. The Labute approximate surface area is 129 Å². The van der Waals surface area contributed by atoms with Crippen molar-refractivity contribution in [3.05, 3.63) is 34.7 Å². The number of nitrogens with zero attached hydrogens (tertiary/aromatic N) is 2. The molecule has 0 radical (unpaired) electrons. The van der Waals surface area contributed by atoms with Crippen LogP contribution in [0.4, 0.5) is 0 Å². The van der Waals surface area contributed by atoms with Crippen LogP contribution in [-0.2, 0) is 18.4 Å². The number of carbonyl (C=O) groups excluding carboxylic acids is 1. The molecule has 3 rings (SSSR count). The van der Waals surface area contributed by atoms with Crippen molar-refractivity contribution in [1.82, 2.24) is 19.8 Å². The van der Waals surface area contributed by atoms with Gasteiger partial charge in [0.15, 0.2) is 0 Å². The van der Waals surface area contributed by atoms with Crippen LogP contribution in [0.2, 0.25) is 0 Å². The second-order valence-corrected chi connectivity index (χ2v) is 5.82. The monoisotopic (exact) mass is 302 g/mol. The molecule has 0 aliphatic carbocycles. The van der Waals surface area contributed by atoms with Crippen molar-refractivity contribution in [2.45, 2.75) is 31.8 Å². The fraction of sp³-hybridized carbons (Fsp3) is 0.500. The van der Waals surface area contributed by atoms with Crippen LogP contribution in [0.3, 0.4) is 0 Å². The third-order valence-corrected chi connectivity index (χ3v) is 4.32. The number of hydrogen-bond donors (Lipinski definition) is 2. The third-order valence-electron chi connectivity index (χ3n) is 4.32. The molecule has 1 aliphatic heterocycles. The van der Waals surface area contributed by atoms with E-state index in [1.165, 1.54) is 0 Å². The molecule has 0 spiro atoms. The van der Waals surface area contributed by atoms with Crippen LogP contribution in [0, 0.1) is 0 Å². The van der Waals surface area contributed by atoms with Crippen molar-refractivity contribution in [2.75, 3.05) is 13.1 Å². The summed E-state index contributed by atoms with van der Waals surface area (Å²) >= 11 is 0. The maximum atomic E-state index is 12.3. The number of nitrogens with one attached hydrogen (secondary N) is 2. The van der Waals surface area contributed by atoms with Gasteiger partial charge in [0, 0.05) is 26.1 Å². The van der Waals surface area contributed by atoms with Crippen LogP contribution in [-0.4, -0.2) is 34.2 Å². The van der Waals surface area contributed by atoms with E-state index in [-0.39, 0.29) is 17.6 Å².